The topological polar surface area (TPSA) is 85.0 Å². The highest BCUT2D eigenvalue weighted by Crippen LogP contribution is 2.41. The quantitative estimate of drug-likeness (QED) is 0.442. The van der Waals surface area contributed by atoms with Crippen molar-refractivity contribution in [2.75, 3.05) is 6.54 Å². The van der Waals surface area contributed by atoms with Crippen molar-refractivity contribution < 1.29 is 9.21 Å². The molecule has 0 N–H and O–H groups in total. The van der Waals surface area contributed by atoms with Gasteiger partial charge in [-0.1, -0.05) is 30.3 Å². The second kappa shape index (κ2) is 7.57. The Morgan fingerprint density at radius 1 is 1.21 bits per heavy atom. The first-order valence-electron chi connectivity index (χ1n) is 9.26. The van der Waals surface area contributed by atoms with Gasteiger partial charge in [-0.05, 0) is 36.2 Å². The van der Waals surface area contributed by atoms with E-state index < -0.39 is 0 Å². The molecule has 4 aromatic rings. The van der Waals surface area contributed by atoms with Gasteiger partial charge in [-0.15, -0.1) is 21.5 Å². The predicted molar refractivity (Wildman–Crippen MR) is 111 cm³/mol. The highest BCUT2D eigenvalue weighted by Gasteiger charge is 2.23. The summed E-state index contributed by atoms with van der Waals surface area (Å²) in [6.45, 7) is 3.20. The molecule has 7 nitrogen and oxygen atoms in total. The van der Waals surface area contributed by atoms with E-state index in [1.165, 1.54) is 22.2 Å². The van der Waals surface area contributed by atoms with E-state index in [1.54, 1.807) is 22.6 Å². The highest BCUT2D eigenvalue weighted by atomic mass is 32.2. The Hall–Kier alpha value is -2.78. The van der Waals surface area contributed by atoms with Crippen molar-refractivity contribution in [3.8, 4) is 10.4 Å². The largest absolute Gasteiger partial charge is 0.414 e. The number of fused-ring (bicyclic) bond motifs is 1. The van der Waals surface area contributed by atoms with E-state index in [0.717, 1.165) is 33.8 Å². The van der Waals surface area contributed by atoms with Crippen LogP contribution in [0, 0.1) is 6.92 Å². The van der Waals surface area contributed by atoms with Gasteiger partial charge in [0.15, 0.2) is 0 Å². The summed E-state index contributed by atoms with van der Waals surface area (Å²) < 4.78 is 5.77. The van der Waals surface area contributed by atoms with Gasteiger partial charge in [-0.3, -0.25) is 4.79 Å². The molecule has 1 aliphatic heterocycles. The lowest BCUT2D eigenvalue weighted by molar-refractivity contribution is -0.128. The first-order chi connectivity index (χ1) is 14.2. The molecular formula is C20H17N5O2S2. The number of aryl methyl sites for hydroxylation is 1. The number of hydrogen-bond acceptors (Lipinski definition) is 8. The van der Waals surface area contributed by atoms with E-state index in [0.29, 0.717) is 24.1 Å². The number of likely N-dealkylation sites (tertiary alicyclic amines) is 1. The van der Waals surface area contributed by atoms with Crippen LogP contribution in [0.1, 0.15) is 24.3 Å². The molecule has 1 fully saturated rings. The van der Waals surface area contributed by atoms with Crippen molar-refractivity contribution in [3.63, 3.8) is 0 Å². The number of carbonyl (C=O) groups excluding carboxylic acids is 1. The fraction of sp³-hybridized carbons (Fsp3) is 0.250. The second-order valence-corrected chi connectivity index (χ2v) is 8.70. The SMILES string of the molecule is Cc1c(-c2ccccc2)sc2ncnc(Sc3nnc(CN4CCCC4=O)o3)c12. The predicted octanol–water partition coefficient (Wildman–Crippen LogP) is 4.32. The highest BCUT2D eigenvalue weighted by molar-refractivity contribution is 7.99. The van der Waals surface area contributed by atoms with Gasteiger partial charge in [0.25, 0.3) is 5.22 Å². The van der Waals surface area contributed by atoms with Gasteiger partial charge in [-0.2, -0.15) is 0 Å². The van der Waals surface area contributed by atoms with E-state index >= 15 is 0 Å². The summed E-state index contributed by atoms with van der Waals surface area (Å²) in [4.78, 5) is 24.6. The van der Waals surface area contributed by atoms with Crippen molar-refractivity contribution in [2.24, 2.45) is 0 Å². The zero-order chi connectivity index (χ0) is 19.8. The Morgan fingerprint density at radius 3 is 2.86 bits per heavy atom. The van der Waals surface area contributed by atoms with E-state index in [9.17, 15) is 4.79 Å². The van der Waals surface area contributed by atoms with Crippen LogP contribution in [0.4, 0.5) is 0 Å². The van der Waals surface area contributed by atoms with Crippen molar-refractivity contribution in [3.05, 3.63) is 48.1 Å². The zero-order valence-electron chi connectivity index (χ0n) is 15.7. The normalized spacial score (nSPS) is 14.2. The Morgan fingerprint density at radius 2 is 2.07 bits per heavy atom. The number of nitrogens with zero attached hydrogens (tertiary/aromatic N) is 5. The van der Waals surface area contributed by atoms with Gasteiger partial charge < -0.3 is 9.32 Å². The van der Waals surface area contributed by atoms with Crippen molar-refractivity contribution in [1.29, 1.82) is 0 Å². The minimum atomic E-state index is 0.136. The molecule has 0 radical (unpaired) electrons. The third kappa shape index (κ3) is 3.51. The van der Waals surface area contributed by atoms with Crippen LogP contribution in [-0.2, 0) is 11.3 Å². The second-order valence-electron chi connectivity index (χ2n) is 6.76. The van der Waals surface area contributed by atoms with Crippen LogP contribution >= 0.6 is 23.1 Å². The van der Waals surface area contributed by atoms with Crippen LogP contribution in [0.5, 0.6) is 0 Å². The van der Waals surface area contributed by atoms with Crippen molar-refractivity contribution in [2.45, 2.75) is 36.6 Å². The van der Waals surface area contributed by atoms with E-state index in [1.807, 2.05) is 18.2 Å². The van der Waals surface area contributed by atoms with Crippen LogP contribution < -0.4 is 0 Å². The summed E-state index contributed by atoms with van der Waals surface area (Å²) in [5.74, 6) is 0.581. The van der Waals surface area contributed by atoms with Gasteiger partial charge in [0.1, 0.15) is 16.2 Å². The number of benzene rings is 1. The maximum Gasteiger partial charge on any atom is 0.283 e. The van der Waals surface area contributed by atoms with Crippen molar-refractivity contribution in [1.82, 2.24) is 25.1 Å². The molecule has 29 heavy (non-hydrogen) atoms. The lowest BCUT2D eigenvalue weighted by Gasteiger charge is -2.11. The summed E-state index contributed by atoms with van der Waals surface area (Å²) in [6.07, 6.45) is 3.04. The number of rotatable bonds is 5. The fourth-order valence-corrected chi connectivity index (χ4v) is 5.50. The lowest BCUT2D eigenvalue weighted by atomic mass is 10.1. The molecule has 1 amide bonds. The molecular weight excluding hydrogens is 406 g/mol. The molecule has 0 atom stereocenters. The van der Waals surface area contributed by atoms with Crippen LogP contribution in [0.3, 0.4) is 0 Å². The summed E-state index contributed by atoms with van der Waals surface area (Å²) >= 11 is 2.98. The van der Waals surface area contributed by atoms with Gasteiger partial charge in [-0.25, -0.2) is 9.97 Å². The van der Waals surface area contributed by atoms with Crippen LogP contribution in [0.15, 0.2) is 51.3 Å². The smallest absolute Gasteiger partial charge is 0.283 e. The lowest BCUT2D eigenvalue weighted by Crippen LogP contribution is -2.23. The fourth-order valence-electron chi connectivity index (χ4n) is 3.44. The first kappa shape index (κ1) is 18.3. The molecule has 0 bridgehead atoms. The minimum Gasteiger partial charge on any atom is -0.414 e. The Labute approximate surface area is 175 Å². The monoisotopic (exact) mass is 423 g/mol. The Bertz CT molecular complexity index is 1190. The van der Waals surface area contributed by atoms with Gasteiger partial charge in [0, 0.05) is 23.2 Å². The minimum absolute atomic E-state index is 0.136. The molecule has 4 heterocycles. The molecule has 1 aliphatic rings. The number of aromatic nitrogens is 4. The number of thiophene rings is 1. The number of amides is 1. The average molecular weight is 424 g/mol. The van der Waals surface area contributed by atoms with E-state index in [4.69, 9.17) is 4.42 Å². The third-order valence-electron chi connectivity index (χ3n) is 4.86. The maximum absolute atomic E-state index is 11.8. The summed E-state index contributed by atoms with van der Waals surface area (Å²) in [5.41, 5.74) is 2.31. The molecule has 0 aliphatic carbocycles. The molecule has 146 valence electrons. The molecule has 3 aromatic heterocycles. The third-order valence-corrected chi connectivity index (χ3v) is 6.95. The van der Waals surface area contributed by atoms with Gasteiger partial charge in [0.2, 0.25) is 11.8 Å². The first-order valence-corrected chi connectivity index (χ1v) is 10.9. The van der Waals surface area contributed by atoms with Gasteiger partial charge in [0.05, 0.1) is 6.54 Å². The molecule has 1 aromatic carbocycles. The average Bonchev–Trinajstić information content (AvgIpc) is 3.44. The van der Waals surface area contributed by atoms with E-state index in [-0.39, 0.29) is 5.91 Å². The molecule has 5 rings (SSSR count). The molecule has 1 saturated heterocycles. The summed E-state index contributed by atoms with van der Waals surface area (Å²) in [6, 6.07) is 10.3. The molecule has 0 spiro atoms. The number of carbonyl (C=O) groups is 1. The molecule has 9 heteroatoms. The van der Waals surface area contributed by atoms with Crippen LogP contribution in [-0.4, -0.2) is 37.5 Å². The summed E-state index contributed by atoms with van der Waals surface area (Å²) in [5, 5.41) is 10.4. The Kier molecular flexibility index (Phi) is 4.76. The van der Waals surface area contributed by atoms with E-state index in [2.05, 4.69) is 39.2 Å². The Balaban J connectivity index is 1.44. The van der Waals surface area contributed by atoms with Crippen molar-refractivity contribution >= 4 is 39.2 Å². The standard InChI is InChI=1S/C20H17N5O2S2/c1-12-16-18(28-17(12)13-6-3-2-4-7-13)21-11-22-19(16)29-20-24-23-14(27-20)10-25-9-5-8-15(25)26/h2-4,6-7,11H,5,8-10H2,1H3. The summed E-state index contributed by atoms with van der Waals surface area (Å²) in [7, 11) is 0. The van der Waals surface area contributed by atoms with Gasteiger partial charge >= 0.3 is 0 Å². The maximum atomic E-state index is 11.8. The zero-order valence-corrected chi connectivity index (χ0v) is 17.3. The van der Waals surface area contributed by atoms with Crippen LogP contribution in [0.25, 0.3) is 20.7 Å². The van der Waals surface area contributed by atoms with Crippen LogP contribution in [0.2, 0.25) is 0 Å². The molecule has 0 saturated carbocycles. The number of hydrogen-bond donors (Lipinski definition) is 0. The molecule has 0 unspecified atom stereocenters.